The number of nitrogens with zero attached hydrogens (tertiary/aromatic N) is 3. The van der Waals surface area contributed by atoms with Crippen LogP contribution in [-0.4, -0.2) is 31.6 Å². The highest BCUT2D eigenvalue weighted by Crippen LogP contribution is 2.27. The molecule has 2 heterocycles. The maximum Gasteiger partial charge on any atom is 0.153 e. The first kappa shape index (κ1) is 12.6. The third kappa shape index (κ3) is 3.31. The van der Waals surface area contributed by atoms with Gasteiger partial charge in [-0.05, 0) is 24.5 Å². The van der Waals surface area contributed by atoms with E-state index in [9.17, 15) is 4.79 Å². The first-order chi connectivity index (χ1) is 8.16. The second-order valence-electron chi connectivity index (χ2n) is 4.90. The largest absolute Gasteiger partial charge is 0.298 e. The lowest BCUT2D eigenvalue weighted by Gasteiger charge is -2.10. The van der Waals surface area contributed by atoms with E-state index in [4.69, 9.17) is 0 Å². The van der Waals surface area contributed by atoms with E-state index in [0.29, 0.717) is 18.1 Å². The van der Waals surface area contributed by atoms with Crippen LogP contribution in [0.4, 0.5) is 0 Å². The van der Waals surface area contributed by atoms with Crippen molar-refractivity contribution in [3.05, 3.63) is 12.2 Å². The van der Waals surface area contributed by atoms with E-state index < -0.39 is 0 Å². The molecule has 1 aliphatic rings. The SMILES string of the molecule is CC(C)Cn1ncnc1CC(=O)C1CCCS1. The van der Waals surface area contributed by atoms with Crippen LogP contribution in [0.3, 0.4) is 0 Å². The number of carbonyl (C=O) groups is 1. The molecule has 17 heavy (non-hydrogen) atoms. The molecule has 5 heteroatoms. The Labute approximate surface area is 106 Å². The fourth-order valence-electron chi connectivity index (χ4n) is 2.02. The minimum absolute atomic E-state index is 0.194. The van der Waals surface area contributed by atoms with Gasteiger partial charge in [0.05, 0.1) is 11.7 Å². The molecule has 0 bridgehead atoms. The molecule has 0 aliphatic carbocycles. The molecule has 0 N–H and O–H groups in total. The van der Waals surface area contributed by atoms with Crippen molar-refractivity contribution in [2.24, 2.45) is 5.92 Å². The quantitative estimate of drug-likeness (QED) is 0.804. The number of Topliss-reactive ketones (excluding diaryl/α,β-unsaturated/α-hetero) is 1. The van der Waals surface area contributed by atoms with Gasteiger partial charge in [-0.1, -0.05) is 13.8 Å². The second kappa shape index (κ2) is 5.67. The van der Waals surface area contributed by atoms with Gasteiger partial charge in [0.2, 0.25) is 0 Å². The second-order valence-corrected chi connectivity index (χ2v) is 6.21. The summed E-state index contributed by atoms with van der Waals surface area (Å²) in [7, 11) is 0. The van der Waals surface area contributed by atoms with Crippen molar-refractivity contribution in [1.82, 2.24) is 14.8 Å². The van der Waals surface area contributed by atoms with E-state index in [1.54, 1.807) is 18.1 Å². The van der Waals surface area contributed by atoms with Crippen molar-refractivity contribution in [3.63, 3.8) is 0 Å². The summed E-state index contributed by atoms with van der Waals surface area (Å²) >= 11 is 1.79. The van der Waals surface area contributed by atoms with E-state index in [1.807, 2.05) is 4.68 Å². The molecule has 0 aromatic carbocycles. The van der Waals surface area contributed by atoms with Crippen molar-refractivity contribution in [3.8, 4) is 0 Å². The molecule has 1 unspecified atom stereocenters. The lowest BCUT2D eigenvalue weighted by atomic mass is 10.1. The molecule has 1 aromatic heterocycles. The highest BCUT2D eigenvalue weighted by molar-refractivity contribution is 8.00. The molecule has 1 aliphatic heterocycles. The molecule has 1 atom stereocenters. The average molecular weight is 253 g/mol. The molecule has 4 nitrogen and oxygen atoms in total. The van der Waals surface area contributed by atoms with Crippen LogP contribution in [0.1, 0.15) is 32.5 Å². The number of thioether (sulfide) groups is 1. The number of carbonyl (C=O) groups excluding carboxylic acids is 1. The summed E-state index contributed by atoms with van der Waals surface area (Å²) in [4.78, 5) is 16.3. The molecule has 2 rings (SSSR count). The third-order valence-corrected chi connectivity index (χ3v) is 4.28. The van der Waals surface area contributed by atoms with E-state index in [0.717, 1.165) is 24.5 Å². The van der Waals surface area contributed by atoms with Crippen molar-refractivity contribution in [2.45, 2.75) is 44.9 Å². The number of rotatable bonds is 5. The standard InChI is InChI=1S/C12H19N3OS/c1-9(2)7-15-12(13-8-14-15)6-10(16)11-4-3-5-17-11/h8-9,11H,3-7H2,1-2H3. The van der Waals surface area contributed by atoms with Gasteiger partial charge in [0.25, 0.3) is 0 Å². The first-order valence-electron chi connectivity index (χ1n) is 6.18. The zero-order valence-corrected chi connectivity index (χ0v) is 11.2. The Kier molecular flexibility index (Phi) is 4.20. The van der Waals surface area contributed by atoms with Gasteiger partial charge in [0.15, 0.2) is 5.78 Å². The van der Waals surface area contributed by atoms with Crippen LogP contribution in [0.5, 0.6) is 0 Å². The normalized spacial score (nSPS) is 20.1. The van der Waals surface area contributed by atoms with Crippen LogP contribution >= 0.6 is 11.8 Å². The molecule has 1 aromatic rings. The van der Waals surface area contributed by atoms with Crippen LogP contribution in [0.25, 0.3) is 0 Å². The Balaban J connectivity index is 1.97. The maximum absolute atomic E-state index is 12.0. The molecule has 1 fully saturated rings. The predicted octanol–water partition coefficient (Wildman–Crippen LogP) is 1.94. The van der Waals surface area contributed by atoms with Crippen LogP contribution in [-0.2, 0) is 17.8 Å². The summed E-state index contributed by atoms with van der Waals surface area (Å²) in [5, 5.41) is 4.38. The Morgan fingerprint density at radius 1 is 1.65 bits per heavy atom. The van der Waals surface area contributed by atoms with Crippen LogP contribution in [0.15, 0.2) is 6.33 Å². The maximum atomic E-state index is 12.0. The van der Waals surface area contributed by atoms with Gasteiger partial charge < -0.3 is 0 Å². The van der Waals surface area contributed by atoms with Gasteiger partial charge in [-0.25, -0.2) is 9.67 Å². The van der Waals surface area contributed by atoms with E-state index in [2.05, 4.69) is 23.9 Å². The van der Waals surface area contributed by atoms with E-state index >= 15 is 0 Å². The van der Waals surface area contributed by atoms with Crippen molar-refractivity contribution < 1.29 is 4.79 Å². The topological polar surface area (TPSA) is 47.8 Å². The van der Waals surface area contributed by atoms with Gasteiger partial charge in [0.1, 0.15) is 12.2 Å². The van der Waals surface area contributed by atoms with Crippen molar-refractivity contribution >= 4 is 17.5 Å². The van der Waals surface area contributed by atoms with E-state index in [1.165, 1.54) is 6.42 Å². The average Bonchev–Trinajstić information content (AvgIpc) is 2.89. The van der Waals surface area contributed by atoms with Gasteiger partial charge in [-0.2, -0.15) is 16.9 Å². The Morgan fingerprint density at radius 3 is 3.12 bits per heavy atom. The highest BCUT2D eigenvalue weighted by atomic mass is 32.2. The molecular formula is C12H19N3OS. The van der Waals surface area contributed by atoms with Crippen LogP contribution < -0.4 is 0 Å². The molecule has 0 saturated carbocycles. The Morgan fingerprint density at radius 2 is 2.47 bits per heavy atom. The fraction of sp³-hybridized carbons (Fsp3) is 0.750. The molecule has 1 saturated heterocycles. The zero-order valence-electron chi connectivity index (χ0n) is 10.4. The van der Waals surface area contributed by atoms with Crippen LogP contribution in [0.2, 0.25) is 0 Å². The minimum Gasteiger partial charge on any atom is -0.298 e. The molecular weight excluding hydrogens is 234 g/mol. The molecule has 0 amide bonds. The molecule has 94 valence electrons. The molecule has 0 spiro atoms. The summed E-state index contributed by atoms with van der Waals surface area (Å²) in [5.41, 5.74) is 0. The minimum atomic E-state index is 0.194. The smallest absolute Gasteiger partial charge is 0.153 e. The Hall–Kier alpha value is -0.840. The van der Waals surface area contributed by atoms with Gasteiger partial charge in [0, 0.05) is 6.54 Å². The number of hydrogen-bond acceptors (Lipinski definition) is 4. The molecule has 0 radical (unpaired) electrons. The van der Waals surface area contributed by atoms with Gasteiger partial charge in [-0.15, -0.1) is 0 Å². The number of ketones is 1. The number of hydrogen-bond donors (Lipinski definition) is 0. The monoisotopic (exact) mass is 253 g/mol. The van der Waals surface area contributed by atoms with Crippen molar-refractivity contribution in [1.29, 1.82) is 0 Å². The third-order valence-electron chi connectivity index (χ3n) is 2.85. The Bertz CT molecular complexity index is 383. The summed E-state index contributed by atoms with van der Waals surface area (Å²) in [6.45, 7) is 5.11. The fourth-order valence-corrected chi connectivity index (χ4v) is 3.25. The lowest BCUT2D eigenvalue weighted by molar-refractivity contribution is -0.118. The van der Waals surface area contributed by atoms with Gasteiger partial charge in [-0.3, -0.25) is 4.79 Å². The van der Waals surface area contributed by atoms with E-state index in [-0.39, 0.29) is 5.25 Å². The summed E-state index contributed by atoms with van der Waals surface area (Å²) in [5.74, 6) is 2.77. The highest BCUT2D eigenvalue weighted by Gasteiger charge is 2.24. The van der Waals surface area contributed by atoms with Crippen molar-refractivity contribution in [2.75, 3.05) is 5.75 Å². The first-order valence-corrected chi connectivity index (χ1v) is 7.22. The van der Waals surface area contributed by atoms with Crippen LogP contribution in [0, 0.1) is 5.92 Å². The summed E-state index contributed by atoms with van der Waals surface area (Å²) < 4.78 is 1.86. The summed E-state index contributed by atoms with van der Waals surface area (Å²) in [6.07, 6.45) is 4.18. The number of aromatic nitrogens is 3. The summed E-state index contributed by atoms with van der Waals surface area (Å²) in [6, 6.07) is 0. The zero-order chi connectivity index (χ0) is 12.3. The predicted molar refractivity (Wildman–Crippen MR) is 69.1 cm³/mol. The lowest BCUT2D eigenvalue weighted by Crippen LogP contribution is -2.20. The van der Waals surface area contributed by atoms with Gasteiger partial charge >= 0.3 is 0 Å².